The molecule has 3 aromatic heterocycles. The van der Waals surface area contributed by atoms with Crippen LogP contribution in [-0.4, -0.2) is 38.7 Å². The summed E-state index contributed by atoms with van der Waals surface area (Å²) in [6, 6.07) is 11.3. The van der Waals surface area contributed by atoms with Crippen molar-refractivity contribution in [1.82, 2.24) is 19.5 Å². The van der Waals surface area contributed by atoms with Crippen molar-refractivity contribution in [2.75, 3.05) is 11.9 Å². The number of pyridine rings is 1. The molecule has 0 aliphatic heterocycles. The minimum absolute atomic E-state index is 0.236. The van der Waals surface area contributed by atoms with Crippen LogP contribution in [-0.2, 0) is 0 Å². The molecule has 1 fully saturated rings. The van der Waals surface area contributed by atoms with Gasteiger partial charge in [-0.2, -0.15) is 4.98 Å². The molecular formula is C22H20N6O2. The van der Waals surface area contributed by atoms with Crippen molar-refractivity contribution in [3.63, 3.8) is 0 Å². The number of carbonyl (C=O) groups is 1. The van der Waals surface area contributed by atoms with Crippen molar-refractivity contribution in [2.45, 2.75) is 19.3 Å². The highest BCUT2D eigenvalue weighted by Crippen LogP contribution is 2.47. The van der Waals surface area contributed by atoms with Gasteiger partial charge in [-0.05, 0) is 49.7 Å². The highest BCUT2D eigenvalue weighted by Gasteiger charge is 2.42. The Bertz CT molecular complexity index is 1260. The molecule has 8 heteroatoms. The number of nitrogens with zero attached hydrogens (tertiary/aromatic N) is 5. The molecule has 1 saturated carbocycles. The summed E-state index contributed by atoms with van der Waals surface area (Å²) in [5.41, 5.74) is 3.59. The number of carbonyl (C=O) groups excluding carboxylic acids is 1. The minimum atomic E-state index is -0.236. The Morgan fingerprint density at radius 1 is 1.37 bits per heavy atom. The van der Waals surface area contributed by atoms with Crippen molar-refractivity contribution in [3.8, 4) is 11.4 Å². The standard InChI is InChI=1S/C22H20N6O2/c1-13-6-7-14(20-26-22(30-27-20)16-9-15(16)11-23-2)10-17(13)25-21(29)18-12-24-19-5-3-4-8-28(18)19/h3-8,10,12,15-16H,2,9,11H2,1H3,(H,25,29)/t15-,16-/m0/s1. The zero-order valence-electron chi connectivity index (χ0n) is 16.4. The van der Waals surface area contributed by atoms with Gasteiger partial charge in [0.1, 0.15) is 11.3 Å². The van der Waals surface area contributed by atoms with Crippen LogP contribution in [0.5, 0.6) is 0 Å². The Hall–Kier alpha value is -3.81. The molecule has 5 rings (SSSR count). The van der Waals surface area contributed by atoms with Gasteiger partial charge in [-0.1, -0.05) is 23.4 Å². The first kappa shape index (κ1) is 18.2. The third kappa shape index (κ3) is 3.26. The number of benzene rings is 1. The number of aliphatic imine (C=N–C) groups is 1. The first-order valence-corrected chi connectivity index (χ1v) is 9.74. The number of aryl methyl sites for hydroxylation is 1. The fraction of sp³-hybridized carbons (Fsp3) is 0.227. The van der Waals surface area contributed by atoms with Crippen LogP contribution in [0, 0.1) is 12.8 Å². The quantitative estimate of drug-likeness (QED) is 0.497. The van der Waals surface area contributed by atoms with E-state index in [1.54, 1.807) is 10.6 Å². The average molecular weight is 400 g/mol. The van der Waals surface area contributed by atoms with Gasteiger partial charge in [-0.25, -0.2) is 4.98 Å². The summed E-state index contributed by atoms with van der Waals surface area (Å²) in [6.07, 6.45) is 4.38. The number of amides is 1. The first-order chi connectivity index (χ1) is 14.6. The Morgan fingerprint density at radius 3 is 3.13 bits per heavy atom. The van der Waals surface area contributed by atoms with Gasteiger partial charge < -0.3 is 14.8 Å². The monoisotopic (exact) mass is 400 g/mol. The summed E-state index contributed by atoms with van der Waals surface area (Å²) < 4.78 is 7.21. The second-order valence-corrected chi connectivity index (χ2v) is 7.52. The van der Waals surface area contributed by atoms with Crippen LogP contribution in [0.1, 0.15) is 34.3 Å². The van der Waals surface area contributed by atoms with Gasteiger partial charge in [0.2, 0.25) is 11.7 Å². The highest BCUT2D eigenvalue weighted by molar-refractivity contribution is 6.04. The van der Waals surface area contributed by atoms with Crippen molar-refractivity contribution in [2.24, 2.45) is 10.9 Å². The van der Waals surface area contributed by atoms with E-state index in [9.17, 15) is 4.79 Å². The molecule has 0 unspecified atom stereocenters. The maximum absolute atomic E-state index is 12.9. The number of hydrogen-bond donors (Lipinski definition) is 1. The third-order valence-electron chi connectivity index (χ3n) is 5.44. The van der Waals surface area contributed by atoms with Gasteiger partial charge in [0.15, 0.2) is 0 Å². The molecule has 8 nitrogen and oxygen atoms in total. The van der Waals surface area contributed by atoms with E-state index in [0.29, 0.717) is 35.6 Å². The fourth-order valence-corrected chi connectivity index (χ4v) is 3.60. The number of rotatable bonds is 6. The largest absolute Gasteiger partial charge is 0.339 e. The summed E-state index contributed by atoms with van der Waals surface area (Å²) in [4.78, 5) is 25.6. The minimum Gasteiger partial charge on any atom is -0.339 e. The van der Waals surface area contributed by atoms with Crippen LogP contribution in [0.2, 0.25) is 0 Å². The number of fused-ring (bicyclic) bond motifs is 1. The molecule has 0 spiro atoms. The normalized spacial score (nSPS) is 17.8. The maximum atomic E-state index is 12.9. The zero-order valence-corrected chi connectivity index (χ0v) is 16.4. The lowest BCUT2D eigenvalue weighted by Crippen LogP contribution is -2.15. The number of imidazole rings is 1. The lowest BCUT2D eigenvalue weighted by Gasteiger charge is -2.09. The van der Waals surface area contributed by atoms with Gasteiger partial charge >= 0.3 is 0 Å². The van der Waals surface area contributed by atoms with Crippen LogP contribution in [0.15, 0.2) is 58.3 Å². The molecule has 2 atom stereocenters. The number of aromatic nitrogens is 4. The highest BCUT2D eigenvalue weighted by atomic mass is 16.5. The van der Waals surface area contributed by atoms with Crippen molar-refractivity contribution < 1.29 is 9.32 Å². The van der Waals surface area contributed by atoms with Gasteiger partial charge in [0.05, 0.1) is 6.20 Å². The molecule has 0 bridgehead atoms. The molecule has 30 heavy (non-hydrogen) atoms. The van der Waals surface area contributed by atoms with Gasteiger partial charge in [0, 0.05) is 29.9 Å². The number of nitrogens with one attached hydrogen (secondary N) is 1. The molecule has 0 saturated heterocycles. The van der Waals surface area contributed by atoms with E-state index in [4.69, 9.17) is 4.52 Å². The summed E-state index contributed by atoms with van der Waals surface area (Å²) in [5.74, 6) is 1.61. The van der Waals surface area contributed by atoms with E-state index in [1.807, 2.05) is 49.5 Å². The third-order valence-corrected chi connectivity index (χ3v) is 5.44. The Kier molecular flexibility index (Phi) is 4.39. The predicted molar refractivity (Wildman–Crippen MR) is 113 cm³/mol. The predicted octanol–water partition coefficient (Wildman–Crippen LogP) is 3.75. The van der Waals surface area contributed by atoms with Crippen LogP contribution >= 0.6 is 0 Å². The first-order valence-electron chi connectivity index (χ1n) is 9.74. The van der Waals surface area contributed by atoms with E-state index in [2.05, 4.69) is 32.2 Å². The van der Waals surface area contributed by atoms with Crippen LogP contribution in [0.4, 0.5) is 5.69 Å². The van der Waals surface area contributed by atoms with Gasteiger partial charge in [-0.15, -0.1) is 0 Å². The van der Waals surface area contributed by atoms with E-state index in [0.717, 1.165) is 23.2 Å². The van der Waals surface area contributed by atoms with Crippen LogP contribution in [0.3, 0.4) is 0 Å². The maximum Gasteiger partial charge on any atom is 0.274 e. The van der Waals surface area contributed by atoms with E-state index in [1.165, 1.54) is 0 Å². The van der Waals surface area contributed by atoms with Crippen molar-refractivity contribution in [3.05, 3.63) is 65.9 Å². The SMILES string of the molecule is C=NC[C@@H]1C[C@@H]1c1nc(-c2ccc(C)c(NC(=O)c3cnc4ccccn34)c2)no1. The molecule has 1 N–H and O–H groups in total. The van der Waals surface area contributed by atoms with Crippen molar-refractivity contribution >= 4 is 24.0 Å². The smallest absolute Gasteiger partial charge is 0.274 e. The fourth-order valence-electron chi connectivity index (χ4n) is 3.60. The lowest BCUT2D eigenvalue weighted by atomic mass is 10.1. The molecule has 3 heterocycles. The van der Waals surface area contributed by atoms with E-state index in [-0.39, 0.29) is 11.8 Å². The van der Waals surface area contributed by atoms with Gasteiger partial charge in [-0.3, -0.25) is 9.20 Å². The molecule has 1 aliphatic rings. The zero-order chi connectivity index (χ0) is 20.7. The number of hydrogen-bond acceptors (Lipinski definition) is 6. The Balaban J connectivity index is 1.38. The lowest BCUT2D eigenvalue weighted by molar-refractivity contribution is 0.102. The molecule has 1 aromatic carbocycles. The summed E-state index contributed by atoms with van der Waals surface area (Å²) >= 11 is 0. The second-order valence-electron chi connectivity index (χ2n) is 7.52. The second kappa shape index (κ2) is 7.22. The van der Waals surface area contributed by atoms with Crippen molar-refractivity contribution in [1.29, 1.82) is 0 Å². The molecule has 1 amide bonds. The van der Waals surface area contributed by atoms with E-state index < -0.39 is 0 Å². The Labute approximate surface area is 172 Å². The average Bonchev–Trinajstić information content (AvgIpc) is 3.16. The molecule has 4 aromatic rings. The molecular weight excluding hydrogens is 380 g/mol. The summed E-state index contributed by atoms with van der Waals surface area (Å²) in [7, 11) is 0. The topological polar surface area (TPSA) is 97.7 Å². The molecule has 1 aliphatic carbocycles. The molecule has 0 radical (unpaired) electrons. The van der Waals surface area contributed by atoms with E-state index >= 15 is 0 Å². The number of anilines is 1. The molecule has 150 valence electrons. The van der Waals surface area contributed by atoms with Gasteiger partial charge in [0.25, 0.3) is 5.91 Å². The van der Waals surface area contributed by atoms with Crippen LogP contribution in [0.25, 0.3) is 17.0 Å². The summed E-state index contributed by atoms with van der Waals surface area (Å²) in [6.45, 7) is 6.19. The summed E-state index contributed by atoms with van der Waals surface area (Å²) in [5, 5.41) is 7.10. The van der Waals surface area contributed by atoms with Crippen LogP contribution < -0.4 is 5.32 Å². The Morgan fingerprint density at radius 2 is 2.27 bits per heavy atom.